The van der Waals surface area contributed by atoms with Crippen molar-refractivity contribution >= 4 is 9.84 Å². The van der Waals surface area contributed by atoms with E-state index < -0.39 is 9.84 Å². The lowest BCUT2D eigenvalue weighted by Crippen LogP contribution is -2.43. The first-order valence-corrected chi connectivity index (χ1v) is 8.46. The quantitative estimate of drug-likeness (QED) is 0.641. The second kappa shape index (κ2) is 5.61. The lowest BCUT2D eigenvalue weighted by Gasteiger charge is -2.22. The molecule has 0 radical (unpaired) electrons. The summed E-state index contributed by atoms with van der Waals surface area (Å²) in [6.07, 6.45) is 1.49. The average molecular weight is 282 g/mol. The SMILES string of the molecule is Cc1ccc(C)c(CC(NN)C2CCS(=O)(=O)C2)c1. The maximum atomic E-state index is 11.6. The molecule has 3 N–H and O–H groups in total. The summed E-state index contributed by atoms with van der Waals surface area (Å²) < 4.78 is 23.1. The summed E-state index contributed by atoms with van der Waals surface area (Å²) >= 11 is 0. The summed E-state index contributed by atoms with van der Waals surface area (Å²) in [6.45, 7) is 4.14. The summed E-state index contributed by atoms with van der Waals surface area (Å²) in [5, 5.41) is 0. The normalized spacial score (nSPS) is 23.4. The smallest absolute Gasteiger partial charge is 0.150 e. The van der Waals surface area contributed by atoms with Crippen LogP contribution in [-0.4, -0.2) is 26.0 Å². The molecule has 106 valence electrons. The van der Waals surface area contributed by atoms with Gasteiger partial charge in [-0.2, -0.15) is 0 Å². The van der Waals surface area contributed by atoms with E-state index in [4.69, 9.17) is 5.84 Å². The van der Waals surface area contributed by atoms with Gasteiger partial charge in [-0.15, -0.1) is 0 Å². The Morgan fingerprint density at radius 1 is 1.42 bits per heavy atom. The van der Waals surface area contributed by atoms with Crippen LogP contribution in [0.4, 0.5) is 0 Å². The van der Waals surface area contributed by atoms with Crippen LogP contribution >= 0.6 is 0 Å². The molecular formula is C14H22N2O2S. The number of hydrogen-bond donors (Lipinski definition) is 2. The van der Waals surface area contributed by atoms with Crippen molar-refractivity contribution < 1.29 is 8.42 Å². The summed E-state index contributed by atoms with van der Waals surface area (Å²) in [4.78, 5) is 0. The van der Waals surface area contributed by atoms with E-state index in [1.165, 1.54) is 16.7 Å². The number of nitrogens with one attached hydrogen (secondary N) is 1. The van der Waals surface area contributed by atoms with Gasteiger partial charge in [0.15, 0.2) is 9.84 Å². The second-order valence-electron chi connectivity index (χ2n) is 5.57. The minimum Gasteiger partial charge on any atom is -0.271 e. The average Bonchev–Trinajstić information content (AvgIpc) is 2.70. The highest BCUT2D eigenvalue weighted by Crippen LogP contribution is 2.24. The summed E-state index contributed by atoms with van der Waals surface area (Å²) in [7, 11) is -2.86. The first-order valence-electron chi connectivity index (χ1n) is 6.64. The molecule has 0 saturated carbocycles. The number of aryl methyl sites for hydroxylation is 2. The van der Waals surface area contributed by atoms with Crippen LogP contribution in [0.25, 0.3) is 0 Å². The number of hydrazine groups is 1. The number of sulfone groups is 1. The van der Waals surface area contributed by atoms with Crippen molar-refractivity contribution in [1.29, 1.82) is 0 Å². The molecule has 4 nitrogen and oxygen atoms in total. The van der Waals surface area contributed by atoms with Crippen LogP contribution < -0.4 is 11.3 Å². The lowest BCUT2D eigenvalue weighted by atomic mass is 9.91. The first kappa shape index (κ1) is 14.5. The molecule has 5 heteroatoms. The fourth-order valence-electron chi connectivity index (χ4n) is 2.76. The number of nitrogens with two attached hydrogens (primary N) is 1. The second-order valence-corrected chi connectivity index (χ2v) is 7.80. The van der Waals surface area contributed by atoms with Crippen LogP contribution in [0.2, 0.25) is 0 Å². The van der Waals surface area contributed by atoms with Gasteiger partial charge in [-0.05, 0) is 43.7 Å². The molecule has 1 saturated heterocycles. The van der Waals surface area contributed by atoms with E-state index in [0.717, 1.165) is 6.42 Å². The maximum absolute atomic E-state index is 11.6. The van der Waals surface area contributed by atoms with Gasteiger partial charge in [0.25, 0.3) is 0 Å². The monoisotopic (exact) mass is 282 g/mol. The van der Waals surface area contributed by atoms with Gasteiger partial charge in [-0.1, -0.05) is 23.8 Å². The third-order valence-electron chi connectivity index (χ3n) is 4.00. The van der Waals surface area contributed by atoms with Crippen molar-refractivity contribution in [3.63, 3.8) is 0 Å². The Morgan fingerprint density at radius 3 is 2.74 bits per heavy atom. The van der Waals surface area contributed by atoms with Gasteiger partial charge in [0.2, 0.25) is 0 Å². The van der Waals surface area contributed by atoms with E-state index in [1.807, 2.05) is 0 Å². The summed E-state index contributed by atoms with van der Waals surface area (Å²) in [5.41, 5.74) is 6.50. The number of hydrogen-bond acceptors (Lipinski definition) is 4. The molecule has 0 aromatic heterocycles. The Kier molecular flexibility index (Phi) is 4.28. The molecule has 0 bridgehead atoms. The molecule has 0 amide bonds. The minimum atomic E-state index is -2.86. The standard InChI is InChI=1S/C14H22N2O2S/c1-10-3-4-11(2)13(7-10)8-14(16-15)12-5-6-19(17,18)9-12/h3-4,7,12,14,16H,5-6,8-9,15H2,1-2H3. The molecule has 0 aliphatic carbocycles. The van der Waals surface area contributed by atoms with Crippen LogP contribution in [0, 0.1) is 19.8 Å². The van der Waals surface area contributed by atoms with Crippen LogP contribution in [0.1, 0.15) is 23.1 Å². The van der Waals surface area contributed by atoms with Gasteiger partial charge in [0.05, 0.1) is 11.5 Å². The van der Waals surface area contributed by atoms with E-state index in [2.05, 4.69) is 37.5 Å². The Bertz CT molecular complexity index is 555. The minimum absolute atomic E-state index is 0.0257. The van der Waals surface area contributed by atoms with Crippen LogP contribution in [0.5, 0.6) is 0 Å². The predicted molar refractivity (Wildman–Crippen MR) is 77.5 cm³/mol. The topological polar surface area (TPSA) is 72.2 Å². The fourth-order valence-corrected chi connectivity index (χ4v) is 4.64. The van der Waals surface area contributed by atoms with E-state index >= 15 is 0 Å². The molecule has 2 unspecified atom stereocenters. The van der Waals surface area contributed by atoms with Gasteiger partial charge in [-0.25, -0.2) is 8.42 Å². The predicted octanol–water partition coefficient (Wildman–Crippen LogP) is 1.11. The highest BCUT2D eigenvalue weighted by Gasteiger charge is 2.33. The Hall–Kier alpha value is -0.910. The van der Waals surface area contributed by atoms with E-state index in [-0.39, 0.29) is 17.7 Å². The summed E-state index contributed by atoms with van der Waals surface area (Å²) in [5.74, 6) is 6.30. The lowest BCUT2D eigenvalue weighted by molar-refractivity contribution is 0.384. The Labute approximate surface area is 115 Å². The van der Waals surface area contributed by atoms with Gasteiger partial charge in [0, 0.05) is 6.04 Å². The number of rotatable bonds is 4. The first-order chi connectivity index (χ1) is 8.91. The highest BCUT2D eigenvalue weighted by molar-refractivity contribution is 7.91. The van der Waals surface area contributed by atoms with Crippen molar-refractivity contribution in [3.05, 3.63) is 34.9 Å². The highest BCUT2D eigenvalue weighted by atomic mass is 32.2. The fraction of sp³-hybridized carbons (Fsp3) is 0.571. The molecule has 1 aromatic carbocycles. The zero-order valence-electron chi connectivity index (χ0n) is 11.5. The third-order valence-corrected chi connectivity index (χ3v) is 5.79. The maximum Gasteiger partial charge on any atom is 0.150 e. The Balaban J connectivity index is 2.13. The van der Waals surface area contributed by atoms with Crippen LogP contribution in [0.3, 0.4) is 0 Å². The molecule has 2 atom stereocenters. The molecule has 1 heterocycles. The zero-order chi connectivity index (χ0) is 14.0. The largest absolute Gasteiger partial charge is 0.271 e. The van der Waals surface area contributed by atoms with Crippen LogP contribution in [0.15, 0.2) is 18.2 Å². The molecule has 1 fully saturated rings. The van der Waals surface area contributed by atoms with Gasteiger partial charge in [-0.3, -0.25) is 11.3 Å². The molecule has 19 heavy (non-hydrogen) atoms. The number of benzene rings is 1. The van der Waals surface area contributed by atoms with E-state index in [0.29, 0.717) is 12.2 Å². The van der Waals surface area contributed by atoms with Crippen molar-refractivity contribution in [3.8, 4) is 0 Å². The summed E-state index contributed by atoms with van der Waals surface area (Å²) in [6, 6.07) is 6.37. The van der Waals surface area contributed by atoms with Crippen LogP contribution in [-0.2, 0) is 16.3 Å². The van der Waals surface area contributed by atoms with Crippen molar-refractivity contribution in [2.75, 3.05) is 11.5 Å². The Morgan fingerprint density at radius 2 is 2.16 bits per heavy atom. The van der Waals surface area contributed by atoms with E-state index in [9.17, 15) is 8.42 Å². The molecule has 2 rings (SSSR count). The zero-order valence-corrected chi connectivity index (χ0v) is 12.3. The van der Waals surface area contributed by atoms with Crippen molar-refractivity contribution in [2.45, 2.75) is 32.7 Å². The molecule has 1 aliphatic rings. The molecule has 0 spiro atoms. The van der Waals surface area contributed by atoms with Gasteiger partial charge in [0.1, 0.15) is 0 Å². The van der Waals surface area contributed by atoms with Crippen molar-refractivity contribution in [2.24, 2.45) is 11.8 Å². The van der Waals surface area contributed by atoms with Crippen molar-refractivity contribution in [1.82, 2.24) is 5.43 Å². The molecule has 1 aromatic rings. The van der Waals surface area contributed by atoms with Gasteiger partial charge < -0.3 is 0 Å². The third kappa shape index (κ3) is 3.55. The molecular weight excluding hydrogens is 260 g/mol. The molecule has 1 aliphatic heterocycles. The van der Waals surface area contributed by atoms with E-state index in [1.54, 1.807) is 0 Å². The van der Waals surface area contributed by atoms with Gasteiger partial charge >= 0.3 is 0 Å².